The van der Waals surface area contributed by atoms with Gasteiger partial charge in [-0.05, 0) is 18.6 Å². The van der Waals surface area contributed by atoms with Crippen LogP contribution in [0.5, 0.6) is 0 Å². The number of aromatic nitrogens is 4. The van der Waals surface area contributed by atoms with Crippen molar-refractivity contribution in [3.8, 4) is 0 Å². The Morgan fingerprint density at radius 1 is 1.10 bits per heavy atom. The van der Waals surface area contributed by atoms with Crippen molar-refractivity contribution in [2.45, 2.75) is 50.1 Å². The zero-order chi connectivity index (χ0) is 20.2. The molecule has 0 aliphatic carbocycles. The first kappa shape index (κ1) is 19.8. The number of thioether (sulfide) groups is 1. The van der Waals surface area contributed by atoms with Crippen LogP contribution in [0.1, 0.15) is 38.3 Å². The van der Waals surface area contributed by atoms with Crippen molar-refractivity contribution < 1.29 is 0 Å². The summed E-state index contributed by atoms with van der Waals surface area (Å²) in [5, 5.41) is 3.17. The molecule has 1 aromatic carbocycles. The van der Waals surface area contributed by atoms with Crippen LogP contribution in [0.15, 0.2) is 56.7 Å². The zero-order valence-corrected chi connectivity index (χ0v) is 17.8. The highest BCUT2D eigenvalue weighted by molar-refractivity contribution is 7.98. The molecule has 0 saturated heterocycles. The van der Waals surface area contributed by atoms with Crippen molar-refractivity contribution in [3.63, 3.8) is 0 Å². The molecule has 0 fully saturated rings. The number of fused-ring (bicyclic) bond motifs is 2. The number of nitrogens with zero attached hydrogens (tertiary/aromatic N) is 4. The summed E-state index contributed by atoms with van der Waals surface area (Å²) in [6.07, 6.45) is 6.08. The summed E-state index contributed by atoms with van der Waals surface area (Å²) < 4.78 is 3.32. The number of hydrogen-bond donors (Lipinski definition) is 0. The number of para-hydroxylation sites is 1. The van der Waals surface area contributed by atoms with Gasteiger partial charge in [-0.15, -0.1) is 11.3 Å². The van der Waals surface area contributed by atoms with Crippen molar-refractivity contribution >= 4 is 39.0 Å². The monoisotopic (exact) mass is 426 g/mol. The van der Waals surface area contributed by atoms with Crippen LogP contribution in [-0.4, -0.2) is 18.9 Å². The second kappa shape index (κ2) is 8.92. The van der Waals surface area contributed by atoms with Crippen LogP contribution in [0.4, 0.5) is 0 Å². The van der Waals surface area contributed by atoms with E-state index in [-0.39, 0.29) is 11.1 Å². The molecule has 0 aliphatic rings. The molecule has 0 N–H and O–H groups in total. The molecule has 29 heavy (non-hydrogen) atoms. The van der Waals surface area contributed by atoms with Gasteiger partial charge in [-0.2, -0.15) is 0 Å². The number of benzene rings is 1. The van der Waals surface area contributed by atoms with E-state index >= 15 is 0 Å². The molecule has 0 atom stereocenters. The average Bonchev–Trinajstić information content (AvgIpc) is 3.20. The van der Waals surface area contributed by atoms with E-state index in [1.165, 1.54) is 27.5 Å². The lowest BCUT2D eigenvalue weighted by Crippen LogP contribution is -2.23. The summed E-state index contributed by atoms with van der Waals surface area (Å²) in [6.45, 7) is 2.82. The minimum Gasteiger partial charge on any atom is -0.287 e. The molecule has 4 aromatic rings. The molecule has 0 bridgehead atoms. The minimum atomic E-state index is -0.0877. The Hall–Kier alpha value is -2.45. The van der Waals surface area contributed by atoms with Gasteiger partial charge in [-0.3, -0.25) is 18.6 Å². The van der Waals surface area contributed by atoms with Crippen LogP contribution in [-0.2, 0) is 12.3 Å². The Balaban J connectivity index is 1.65. The van der Waals surface area contributed by atoms with Crippen molar-refractivity contribution in [3.05, 3.63) is 68.3 Å². The Kier molecular flexibility index (Phi) is 6.10. The maximum atomic E-state index is 13.1. The lowest BCUT2D eigenvalue weighted by molar-refractivity contribution is 0.531. The fourth-order valence-corrected chi connectivity index (χ4v) is 4.91. The molecule has 4 rings (SSSR count). The first-order valence-corrected chi connectivity index (χ1v) is 11.6. The topological polar surface area (TPSA) is 69.3 Å². The van der Waals surface area contributed by atoms with Crippen molar-refractivity contribution in [1.29, 1.82) is 0 Å². The predicted molar refractivity (Wildman–Crippen MR) is 119 cm³/mol. The van der Waals surface area contributed by atoms with Gasteiger partial charge in [0.2, 0.25) is 0 Å². The Labute approximate surface area is 176 Å². The maximum absolute atomic E-state index is 13.1. The molecule has 150 valence electrons. The van der Waals surface area contributed by atoms with Crippen molar-refractivity contribution in [1.82, 2.24) is 18.9 Å². The van der Waals surface area contributed by atoms with Crippen LogP contribution in [0, 0.1) is 0 Å². The van der Waals surface area contributed by atoms with E-state index in [1.54, 1.807) is 16.8 Å². The van der Waals surface area contributed by atoms with Gasteiger partial charge in [0.1, 0.15) is 0 Å². The van der Waals surface area contributed by atoms with Crippen LogP contribution in [0.25, 0.3) is 15.9 Å². The molecule has 0 saturated carbocycles. The summed E-state index contributed by atoms with van der Waals surface area (Å²) in [7, 11) is 0. The third kappa shape index (κ3) is 4.28. The van der Waals surface area contributed by atoms with E-state index in [9.17, 15) is 9.59 Å². The first-order valence-electron chi connectivity index (χ1n) is 9.75. The van der Waals surface area contributed by atoms with Gasteiger partial charge in [-0.25, -0.2) is 9.97 Å². The molecule has 0 aliphatic heterocycles. The molecule has 8 heteroatoms. The third-order valence-corrected chi connectivity index (χ3v) is 6.53. The molecule has 0 spiro atoms. The van der Waals surface area contributed by atoms with E-state index in [0.29, 0.717) is 39.0 Å². The third-order valence-electron chi connectivity index (χ3n) is 4.77. The molecule has 6 nitrogen and oxygen atoms in total. The zero-order valence-electron chi connectivity index (χ0n) is 16.2. The van der Waals surface area contributed by atoms with E-state index in [0.717, 1.165) is 25.7 Å². The van der Waals surface area contributed by atoms with Crippen molar-refractivity contribution in [2.75, 3.05) is 0 Å². The summed E-state index contributed by atoms with van der Waals surface area (Å²) in [5.74, 6) is 0.489. The highest BCUT2D eigenvalue weighted by Crippen LogP contribution is 2.22. The lowest BCUT2D eigenvalue weighted by Gasteiger charge is -2.13. The van der Waals surface area contributed by atoms with Crippen LogP contribution < -0.4 is 11.1 Å². The van der Waals surface area contributed by atoms with E-state index < -0.39 is 0 Å². The molecule has 0 unspecified atom stereocenters. The van der Waals surface area contributed by atoms with Crippen LogP contribution in [0.3, 0.4) is 0 Å². The number of unbranched alkanes of at least 4 members (excludes halogenated alkanes) is 3. The van der Waals surface area contributed by atoms with Gasteiger partial charge < -0.3 is 0 Å². The van der Waals surface area contributed by atoms with Gasteiger partial charge in [0, 0.05) is 29.9 Å². The fourth-order valence-electron chi connectivity index (χ4n) is 3.25. The number of thiazole rings is 1. The van der Waals surface area contributed by atoms with Gasteiger partial charge in [-0.1, -0.05) is 50.1 Å². The second-order valence-corrected chi connectivity index (χ2v) is 8.67. The fraction of sp³-hybridized carbons (Fsp3) is 0.333. The quantitative estimate of drug-likeness (QED) is 0.238. The standard InChI is InChI=1S/C21H22N4O2S2/c1-2-3-4-7-10-25-19(27)16-8-5-6-9-17(16)23-21(25)29-14-15-13-18(26)24-11-12-28-20(24)22-15/h5-6,8-9,11-13H,2-4,7,10,14H2,1H3. The average molecular weight is 427 g/mol. The molecular formula is C21H22N4O2S2. The highest BCUT2D eigenvalue weighted by atomic mass is 32.2. The van der Waals surface area contributed by atoms with Gasteiger partial charge in [0.15, 0.2) is 10.1 Å². The molecular weight excluding hydrogens is 404 g/mol. The molecule has 3 heterocycles. The molecule has 0 amide bonds. The van der Waals surface area contributed by atoms with Crippen molar-refractivity contribution in [2.24, 2.45) is 0 Å². The highest BCUT2D eigenvalue weighted by Gasteiger charge is 2.12. The molecule has 3 aromatic heterocycles. The van der Waals surface area contributed by atoms with Gasteiger partial charge in [0.05, 0.1) is 16.6 Å². The normalized spacial score (nSPS) is 11.5. The second-order valence-electron chi connectivity index (χ2n) is 6.86. The van der Waals surface area contributed by atoms with E-state index in [4.69, 9.17) is 4.98 Å². The van der Waals surface area contributed by atoms with E-state index in [2.05, 4.69) is 11.9 Å². The summed E-state index contributed by atoms with van der Waals surface area (Å²) in [4.78, 5) is 35.3. The predicted octanol–water partition coefficient (Wildman–Crippen LogP) is 4.34. The van der Waals surface area contributed by atoms with Gasteiger partial charge >= 0.3 is 0 Å². The Morgan fingerprint density at radius 3 is 2.83 bits per heavy atom. The molecule has 0 radical (unpaired) electrons. The Bertz CT molecular complexity index is 1260. The number of hydrogen-bond acceptors (Lipinski definition) is 6. The SMILES string of the molecule is CCCCCCn1c(SCc2cc(=O)n3ccsc3n2)nc2ccccc2c1=O. The largest absolute Gasteiger partial charge is 0.287 e. The van der Waals surface area contributed by atoms with E-state index in [1.807, 2.05) is 29.6 Å². The Morgan fingerprint density at radius 2 is 1.97 bits per heavy atom. The van der Waals surface area contributed by atoms with Crippen LogP contribution >= 0.6 is 23.1 Å². The minimum absolute atomic E-state index is 0.00339. The summed E-state index contributed by atoms with van der Waals surface area (Å²) in [5.41, 5.74) is 1.31. The van der Waals surface area contributed by atoms with Gasteiger partial charge in [0.25, 0.3) is 11.1 Å². The van der Waals surface area contributed by atoms with Crippen LogP contribution in [0.2, 0.25) is 0 Å². The number of rotatable bonds is 8. The maximum Gasteiger partial charge on any atom is 0.262 e. The lowest BCUT2D eigenvalue weighted by atomic mass is 10.2. The first-order chi connectivity index (χ1) is 14.2. The summed E-state index contributed by atoms with van der Waals surface area (Å²) >= 11 is 2.89. The summed E-state index contributed by atoms with van der Waals surface area (Å²) in [6, 6.07) is 9.01. The smallest absolute Gasteiger partial charge is 0.262 e.